The van der Waals surface area contributed by atoms with Gasteiger partial charge in [0.05, 0.1) is 24.5 Å². The van der Waals surface area contributed by atoms with Gasteiger partial charge in [0.1, 0.15) is 0 Å². The number of hydrogen-bond donors (Lipinski definition) is 0. The van der Waals surface area contributed by atoms with Crippen molar-refractivity contribution in [3.8, 4) is 0 Å². The van der Waals surface area contributed by atoms with Gasteiger partial charge in [0.25, 0.3) is 0 Å². The van der Waals surface area contributed by atoms with Gasteiger partial charge in [-0.1, -0.05) is 6.42 Å². The van der Waals surface area contributed by atoms with Gasteiger partial charge in [-0.3, -0.25) is 19.6 Å². The van der Waals surface area contributed by atoms with Crippen molar-refractivity contribution in [1.82, 2.24) is 19.8 Å². The van der Waals surface area contributed by atoms with Gasteiger partial charge in [-0.2, -0.15) is 0 Å². The lowest BCUT2D eigenvalue weighted by Crippen LogP contribution is -2.42. The zero-order valence-corrected chi connectivity index (χ0v) is 12.8. The highest BCUT2D eigenvalue weighted by Crippen LogP contribution is 2.30. The molecule has 2 aliphatic rings. The normalized spacial score (nSPS) is 22.7. The predicted molar refractivity (Wildman–Crippen MR) is 80.8 cm³/mol. The zero-order chi connectivity index (χ0) is 15.4. The molecular formula is C16H22N4O2. The number of rotatable bonds is 3. The quantitative estimate of drug-likeness (QED) is 0.849. The summed E-state index contributed by atoms with van der Waals surface area (Å²) in [5.74, 6) is 0.143. The van der Waals surface area contributed by atoms with Gasteiger partial charge in [0, 0.05) is 31.9 Å². The molecule has 0 aliphatic carbocycles. The minimum atomic E-state index is 0.00304. The Morgan fingerprint density at radius 2 is 2.09 bits per heavy atom. The first-order chi connectivity index (χ1) is 10.8. The van der Waals surface area contributed by atoms with Crippen molar-refractivity contribution in [2.45, 2.75) is 44.6 Å². The molecule has 1 aromatic heterocycles. The molecule has 0 N–H and O–H groups in total. The minimum Gasteiger partial charge on any atom is -0.333 e. The number of carbonyl (C=O) groups is 2. The number of nitrogens with zero attached hydrogens (tertiary/aromatic N) is 4. The van der Waals surface area contributed by atoms with Crippen LogP contribution in [-0.4, -0.2) is 51.2 Å². The summed E-state index contributed by atoms with van der Waals surface area (Å²) in [4.78, 5) is 36.7. The molecule has 1 atom stereocenters. The summed E-state index contributed by atoms with van der Waals surface area (Å²) in [7, 11) is 0. The molecule has 1 aromatic rings. The monoisotopic (exact) mass is 302 g/mol. The molecule has 0 saturated carbocycles. The maximum Gasteiger partial charge on any atom is 0.242 e. The summed E-state index contributed by atoms with van der Waals surface area (Å²) in [5.41, 5.74) is 0.843. The molecule has 0 bridgehead atoms. The summed E-state index contributed by atoms with van der Waals surface area (Å²) < 4.78 is 0. The summed E-state index contributed by atoms with van der Waals surface area (Å²) >= 11 is 0. The maximum atomic E-state index is 12.6. The molecule has 3 rings (SSSR count). The Hall–Kier alpha value is -1.98. The van der Waals surface area contributed by atoms with Gasteiger partial charge < -0.3 is 9.80 Å². The standard InChI is InChI=1S/C16H22N4O2/c21-15-6-2-1-3-9-19(15)12-16(22)20-10-4-5-14(20)13-11-17-7-8-18-13/h7-8,11,14H,1-6,9-10,12H2. The molecule has 0 radical (unpaired) electrons. The molecule has 0 spiro atoms. The third-order valence-corrected chi connectivity index (χ3v) is 4.50. The highest BCUT2D eigenvalue weighted by molar-refractivity contribution is 5.85. The van der Waals surface area contributed by atoms with Gasteiger partial charge in [0.15, 0.2) is 0 Å². The molecule has 6 heteroatoms. The Labute approximate surface area is 130 Å². The maximum absolute atomic E-state index is 12.6. The lowest BCUT2D eigenvalue weighted by Gasteiger charge is -2.27. The van der Waals surface area contributed by atoms with E-state index in [4.69, 9.17) is 0 Å². The van der Waals surface area contributed by atoms with Crippen molar-refractivity contribution in [3.63, 3.8) is 0 Å². The first kappa shape index (κ1) is 14.9. The Bertz CT molecular complexity index is 534. The highest BCUT2D eigenvalue weighted by atomic mass is 16.2. The van der Waals surface area contributed by atoms with Gasteiger partial charge in [-0.25, -0.2) is 0 Å². The number of amides is 2. The molecule has 2 saturated heterocycles. The number of likely N-dealkylation sites (tertiary alicyclic amines) is 2. The van der Waals surface area contributed by atoms with Crippen molar-refractivity contribution in [3.05, 3.63) is 24.3 Å². The fraction of sp³-hybridized carbons (Fsp3) is 0.625. The largest absolute Gasteiger partial charge is 0.333 e. The Morgan fingerprint density at radius 3 is 2.91 bits per heavy atom. The zero-order valence-electron chi connectivity index (χ0n) is 12.8. The molecule has 22 heavy (non-hydrogen) atoms. The van der Waals surface area contributed by atoms with Crippen LogP contribution in [0, 0.1) is 0 Å². The van der Waals surface area contributed by atoms with Crippen LogP contribution in [0.1, 0.15) is 50.3 Å². The van der Waals surface area contributed by atoms with E-state index in [-0.39, 0.29) is 24.4 Å². The first-order valence-corrected chi connectivity index (χ1v) is 8.09. The van der Waals surface area contributed by atoms with E-state index < -0.39 is 0 Å². The summed E-state index contributed by atoms with van der Waals surface area (Å²) in [5, 5.41) is 0. The number of hydrogen-bond acceptors (Lipinski definition) is 4. The van der Waals surface area contributed by atoms with E-state index in [1.165, 1.54) is 0 Å². The summed E-state index contributed by atoms with van der Waals surface area (Å²) in [6, 6.07) is 0.00304. The molecule has 2 aliphatic heterocycles. The van der Waals surface area contributed by atoms with Crippen LogP contribution in [-0.2, 0) is 9.59 Å². The number of carbonyl (C=O) groups excluding carboxylic acids is 2. The predicted octanol–water partition coefficient (Wildman–Crippen LogP) is 1.54. The van der Waals surface area contributed by atoms with E-state index in [1.54, 1.807) is 23.5 Å². The Kier molecular flexibility index (Phi) is 4.65. The Morgan fingerprint density at radius 1 is 1.18 bits per heavy atom. The molecular weight excluding hydrogens is 280 g/mol. The average molecular weight is 302 g/mol. The molecule has 3 heterocycles. The summed E-state index contributed by atoms with van der Waals surface area (Å²) in [6.07, 6.45) is 10.5. The number of aromatic nitrogens is 2. The van der Waals surface area contributed by atoms with Gasteiger partial charge in [-0.05, 0) is 25.7 Å². The topological polar surface area (TPSA) is 66.4 Å². The molecule has 2 fully saturated rings. The summed E-state index contributed by atoms with van der Waals surface area (Å²) in [6.45, 7) is 1.64. The van der Waals surface area contributed by atoms with Crippen molar-refractivity contribution >= 4 is 11.8 Å². The first-order valence-electron chi connectivity index (χ1n) is 8.09. The van der Waals surface area contributed by atoms with Gasteiger partial charge >= 0.3 is 0 Å². The fourth-order valence-electron chi connectivity index (χ4n) is 3.32. The van der Waals surface area contributed by atoms with Crippen LogP contribution in [0.25, 0.3) is 0 Å². The van der Waals surface area contributed by atoms with E-state index in [1.807, 2.05) is 4.90 Å². The van der Waals surface area contributed by atoms with E-state index in [2.05, 4.69) is 9.97 Å². The van der Waals surface area contributed by atoms with Crippen molar-refractivity contribution in [1.29, 1.82) is 0 Å². The van der Waals surface area contributed by atoms with E-state index in [9.17, 15) is 9.59 Å². The third kappa shape index (κ3) is 3.26. The molecule has 6 nitrogen and oxygen atoms in total. The molecule has 118 valence electrons. The molecule has 1 unspecified atom stereocenters. The van der Waals surface area contributed by atoms with Crippen molar-refractivity contribution in [2.24, 2.45) is 0 Å². The highest BCUT2D eigenvalue weighted by Gasteiger charge is 2.32. The second-order valence-electron chi connectivity index (χ2n) is 6.00. The fourth-order valence-corrected chi connectivity index (χ4v) is 3.32. The third-order valence-electron chi connectivity index (χ3n) is 4.50. The van der Waals surface area contributed by atoms with Crippen LogP contribution in [0.4, 0.5) is 0 Å². The van der Waals surface area contributed by atoms with Crippen LogP contribution >= 0.6 is 0 Å². The molecule has 2 amide bonds. The second-order valence-corrected chi connectivity index (χ2v) is 6.00. The second kappa shape index (κ2) is 6.85. The van der Waals surface area contributed by atoms with Crippen LogP contribution < -0.4 is 0 Å². The SMILES string of the molecule is O=C1CCCCCN1CC(=O)N1CCCC1c1cnccn1. The lowest BCUT2D eigenvalue weighted by molar-refractivity contribution is -0.140. The van der Waals surface area contributed by atoms with Gasteiger partial charge in [-0.15, -0.1) is 0 Å². The minimum absolute atomic E-state index is 0.00304. The van der Waals surface area contributed by atoms with Crippen LogP contribution in [0.3, 0.4) is 0 Å². The van der Waals surface area contributed by atoms with Crippen molar-refractivity contribution < 1.29 is 9.59 Å². The van der Waals surface area contributed by atoms with E-state index >= 15 is 0 Å². The van der Waals surface area contributed by atoms with Crippen LogP contribution in [0.5, 0.6) is 0 Å². The van der Waals surface area contributed by atoms with Crippen LogP contribution in [0.15, 0.2) is 18.6 Å². The van der Waals surface area contributed by atoms with E-state index in [0.717, 1.165) is 44.3 Å². The van der Waals surface area contributed by atoms with Crippen molar-refractivity contribution in [2.75, 3.05) is 19.6 Å². The average Bonchev–Trinajstić information content (AvgIpc) is 2.95. The Balaban J connectivity index is 1.67. The lowest BCUT2D eigenvalue weighted by atomic mass is 10.1. The molecule has 0 aromatic carbocycles. The van der Waals surface area contributed by atoms with E-state index in [0.29, 0.717) is 13.0 Å². The smallest absolute Gasteiger partial charge is 0.242 e. The van der Waals surface area contributed by atoms with Gasteiger partial charge in [0.2, 0.25) is 11.8 Å². The van der Waals surface area contributed by atoms with Crippen LogP contribution in [0.2, 0.25) is 0 Å².